The summed E-state index contributed by atoms with van der Waals surface area (Å²) >= 11 is 0. The van der Waals surface area contributed by atoms with Crippen LogP contribution in [0, 0.1) is 27.7 Å². The molecule has 0 unspecified atom stereocenters. The van der Waals surface area contributed by atoms with Gasteiger partial charge in [-0.3, -0.25) is 4.79 Å². The first-order chi connectivity index (χ1) is 11.9. The number of ether oxygens (including phenoxy) is 1. The van der Waals surface area contributed by atoms with Crippen molar-refractivity contribution in [2.75, 3.05) is 6.61 Å². The van der Waals surface area contributed by atoms with Gasteiger partial charge >= 0.3 is 5.97 Å². The minimum Gasteiger partial charge on any atom is -0.466 e. The number of hydrogen-bond donors (Lipinski definition) is 0. The summed E-state index contributed by atoms with van der Waals surface area (Å²) in [5, 5.41) is 0. The Morgan fingerprint density at radius 2 is 1.44 bits per heavy atom. The number of esters is 1. The van der Waals surface area contributed by atoms with E-state index in [1.807, 2.05) is 6.92 Å². The van der Waals surface area contributed by atoms with Crippen LogP contribution >= 0.6 is 0 Å². The van der Waals surface area contributed by atoms with Gasteiger partial charge in [0.05, 0.1) is 6.61 Å². The molecule has 0 aliphatic rings. The normalized spacial score (nSPS) is 10.4. The molecule has 0 aliphatic carbocycles. The van der Waals surface area contributed by atoms with E-state index in [1.54, 1.807) is 0 Å². The molecule has 0 saturated carbocycles. The molecule has 0 bridgehead atoms. The monoisotopic (exact) mass is 336 g/mol. The Labute approximate surface area is 151 Å². The van der Waals surface area contributed by atoms with Gasteiger partial charge in [0.15, 0.2) is 0 Å². The SMILES string of the molecule is CCOC(=O)CCC=C(c1ccc(C)cc1C)c1ccc(C)cc1C. The largest absolute Gasteiger partial charge is 0.466 e. The van der Waals surface area contributed by atoms with Crippen molar-refractivity contribution in [3.05, 3.63) is 75.9 Å². The fraction of sp³-hybridized carbons (Fsp3) is 0.348. The minimum atomic E-state index is -0.139. The molecule has 0 atom stereocenters. The van der Waals surface area contributed by atoms with Crippen LogP contribution in [-0.2, 0) is 9.53 Å². The molecule has 0 amide bonds. The molecule has 0 spiro atoms. The second kappa shape index (κ2) is 8.66. The van der Waals surface area contributed by atoms with Crippen LogP contribution in [0.15, 0.2) is 42.5 Å². The first-order valence-electron chi connectivity index (χ1n) is 8.93. The van der Waals surface area contributed by atoms with Crippen molar-refractivity contribution >= 4 is 11.5 Å². The topological polar surface area (TPSA) is 26.3 Å². The van der Waals surface area contributed by atoms with Crippen LogP contribution < -0.4 is 0 Å². The van der Waals surface area contributed by atoms with Gasteiger partial charge in [0, 0.05) is 6.42 Å². The molecular formula is C23H28O2. The lowest BCUT2D eigenvalue weighted by Gasteiger charge is -2.15. The number of benzene rings is 2. The van der Waals surface area contributed by atoms with Gasteiger partial charge in [-0.1, -0.05) is 53.6 Å². The summed E-state index contributed by atoms with van der Waals surface area (Å²) in [6, 6.07) is 13.1. The Morgan fingerprint density at radius 1 is 0.920 bits per heavy atom. The first-order valence-corrected chi connectivity index (χ1v) is 8.93. The quantitative estimate of drug-likeness (QED) is 0.633. The summed E-state index contributed by atoms with van der Waals surface area (Å²) in [6.07, 6.45) is 3.26. The highest BCUT2D eigenvalue weighted by atomic mass is 16.5. The summed E-state index contributed by atoms with van der Waals surface area (Å²) in [7, 11) is 0. The second-order valence-corrected chi connectivity index (χ2v) is 6.60. The van der Waals surface area contributed by atoms with E-state index in [1.165, 1.54) is 39.0 Å². The van der Waals surface area contributed by atoms with Gasteiger partial charge in [-0.15, -0.1) is 0 Å². The van der Waals surface area contributed by atoms with Crippen LogP contribution in [0.5, 0.6) is 0 Å². The molecule has 0 fully saturated rings. The zero-order valence-corrected chi connectivity index (χ0v) is 16.0. The van der Waals surface area contributed by atoms with E-state index in [4.69, 9.17) is 4.74 Å². The molecule has 0 saturated heterocycles. The van der Waals surface area contributed by atoms with Crippen LogP contribution in [0.1, 0.15) is 53.1 Å². The van der Waals surface area contributed by atoms with Crippen molar-refractivity contribution < 1.29 is 9.53 Å². The van der Waals surface area contributed by atoms with E-state index in [9.17, 15) is 4.79 Å². The van der Waals surface area contributed by atoms with E-state index in [0.29, 0.717) is 19.4 Å². The highest BCUT2D eigenvalue weighted by molar-refractivity contribution is 5.83. The van der Waals surface area contributed by atoms with Crippen molar-refractivity contribution in [3.63, 3.8) is 0 Å². The van der Waals surface area contributed by atoms with Gasteiger partial charge in [-0.05, 0) is 68.9 Å². The molecular weight excluding hydrogens is 308 g/mol. The van der Waals surface area contributed by atoms with E-state index in [0.717, 1.165) is 0 Å². The molecule has 2 aromatic rings. The molecule has 132 valence electrons. The zero-order valence-electron chi connectivity index (χ0n) is 16.0. The van der Waals surface area contributed by atoms with Crippen molar-refractivity contribution in [3.8, 4) is 0 Å². The van der Waals surface area contributed by atoms with Crippen LogP contribution in [0.4, 0.5) is 0 Å². The van der Waals surface area contributed by atoms with Crippen LogP contribution in [-0.4, -0.2) is 12.6 Å². The number of carbonyl (C=O) groups is 1. The Bertz CT molecular complexity index is 731. The maximum atomic E-state index is 11.7. The molecule has 25 heavy (non-hydrogen) atoms. The number of carbonyl (C=O) groups excluding carboxylic acids is 1. The Hall–Kier alpha value is -2.35. The molecule has 0 N–H and O–H groups in total. The summed E-state index contributed by atoms with van der Waals surface area (Å²) in [4.78, 5) is 11.7. The third-order valence-electron chi connectivity index (χ3n) is 4.35. The minimum absolute atomic E-state index is 0.139. The van der Waals surface area contributed by atoms with Crippen molar-refractivity contribution in [1.82, 2.24) is 0 Å². The van der Waals surface area contributed by atoms with Gasteiger partial charge in [0.25, 0.3) is 0 Å². The molecule has 0 aromatic heterocycles. The number of aryl methyl sites for hydroxylation is 4. The Kier molecular flexibility index (Phi) is 6.58. The fourth-order valence-corrected chi connectivity index (χ4v) is 3.16. The molecule has 2 heteroatoms. The third-order valence-corrected chi connectivity index (χ3v) is 4.35. The molecule has 2 nitrogen and oxygen atoms in total. The molecule has 2 rings (SSSR count). The van der Waals surface area contributed by atoms with Gasteiger partial charge in [0.1, 0.15) is 0 Å². The smallest absolute Gasteiger partial charge is 0.306 e. The fourth-order valence-electron chi connectivity index (χ4n) is 3.16. The lowest BCUT2D eigenvalue weighted by molar-refractivity contribution is -0.142. The summed E-state index contributed by atoms with van der Waals surface area (Å²) in [5.74, 6) is -0.139. The van der Waals surface area contributed by atoms with E-state index in [-0.39, 0.29) is 5.97 Å². The van der Waals surface area contributed by atoms with Gasteiger partial charge < -0.3 is 4.74 Å². The number of allylic oxidation sites excluding steroid dienone is 1. The molecule has 0 aliphatic heterocycles. The third kappa shape index (κ3) is 5.06. The van der Waals surface area contributed by atoms with Gasteiger partial charge in [-0.25, -0.2) is 0 Å². The molecule has 2 aromatic carbocycles. The standard InChI is InChI=1S/C23H28O2/c1-6-25-23(24)9-7-8-22(20-12-10-16(2)14-18(20)4)21-13-11-17(3)15-19(21)5/h8,10-15H,6-7,9H2,1-5H3. The Balaban J connectivity index is 2.42. The number of rotatable bonds is 6. The van der Waals surface area contributed by atoms with Gasteiger partial charge in [-0.2, -0.15) is 0 Å². The average molecular weight is 336 g/mol. The molecule has 0 radical (unpaired) electrons. The van der Waals surface area contributed by atoms with Crippen molar-refractivity contribution in [2.24, 2.45) is 0 Å². The zero-order chi connectivity index (χ0) is 18.4. The maximum Gasteiger partial charge on any atom is 0.306 e. The van der Waals surface area contributed by atoms with Crippen LogP contribution in [0.25, 0.3) is 5.57 Å². The van der Waals surface area contributed by atoms with Crippen molar-refractivity contribution in [1.29, 1.82) is 0 Å². The summed E-state index contributed by atoms with van der Waals surface area (Å²) in [5.41, 5.74) is 8.66. The highest BCUT2D eigenvalue weighted by Gasteiger charge is 2.11. The average Bonchev–Trinajstić information content (AvgIpc) is 2.53. The van der Waals surface area contributed by atoms with E-state index < -0.39 is 0 Å². The maximum absolute atomic E-state index is 11.7. The van der Waals surface area contributed by atoms with Crippen LogP contribution in [0.3, 0.4) is 0 Å². The predicted molar refractivity (Wildman–Crippen MR) is 105 cm³/mol. The summed E-state index contributed by atoms with van der Waals surface area (Å²) in [6.45, 7) is 10.8. The van der Waals surface area contributed by atoms with Gasteiger partial charge in [0.2, 0.25) is 0 Å². The predicted octanol–water partition coefficient (Wildman–Crippen LogP) is 5.70. The summed E-state index contributed by atoms with van der Waals surface area (Å²) < 4.78 is 5.05. The first kappa shape index (κ1) is 19.0. The lowest BCUT2D eigenvalue weighted by atomic mass is 9.89. The molecule has 0 heterocycles. The van der Waals surface area contributed by atoms with E-state index >= 15 is 0 Å². The highest BCUT2D eigenvalue weighted by Crippen LogP contribution is 2.30. The second-order valence-electron chi connectivity index (χ2n) is 6.60. The van der Waals surface area contributed by atoms with Crippen LogP contribution in [0.2, 0.25) is 0 Å². The Morgan fingerprint density at radius 3 is 1.88 bits per heavy atom. The lowest BCUT2D eigenvalue weighted by Crippen LogP contribution is -2.03. The van der Waals surface area contributed by atoms with Crippen molar-refractivity contribution in [2.45, 2.75) is 47.5 Å². The van der Waals surface area contributed by atoms with E-state index in [2.05, 4.69) is 70.2 Å². The number of hydrogen-bond acceptors (Lipinski definition) is 2.